The molecule has 1 aromatic rings. The van der Waals surface area contributed by atoms with Crippen molar-refractivity contribution in [2.75, 3.05) is 32.5 Å². The highest BCUT2D eigenvalue weighted by Gasteiger charge is 2.25. The van der Waals surface area contributed by atoms with Crippen LogP contribution in [-0.4, -0.2) is 63.5 Å². The fourth-order valence-electron chi connectivity index (χ4n) is 3.84. The van der Waals surface area contributed by atoms with Crippen LogP contribution in [-0.2, 0) is 10.0 Å². The van der Waals surface area contributed by atoms with E-state index >= 15 is 0 Å². The summed E-state index contributed by atoms with van der Waals surface area (Å²) in [4.78, 5) is 16.7. The molecule has 0 radical (unpaired) electrons. The van der Waals surface area contributed by atoms with E-state index in [-0.39, 0.29) is 17.0 Å². The maximum Gasteiger partial charge on any atom is 0.321 e. The number of likely N-dealkylation sites (tertiary alicyclic amines) is 1. The standard InChI is InChI=1S/C19H30N4O3S/c1-22(2)17-11-13-23(14-12-17)19(24)20-15-7-9-18(10-8-15)27(25,26)21-16-5-3-4-6-16/h7-10,16-17,21H,3-6,11-14H2,1-2H3,(H,20,24). The largest absolute Gasteiger partial charge is 0.324 e. The van der Waals surface area contributed by atoms with Crippen LogP contribution in [0.25, 0.3) is 0 Å². The van der Waals surface area contributed by atoms with Gasteiger partial charge >= 0.3 is 6.03 Å². The molecule has 0 unspecified atom stereocenters. The minimum Gasteiger partial charge on any atom is -0.324 e. The molecule has 1 aromatic carbocycles. The van der Waals surface area contributed by atoms with Crippen LogP contribution >= 0.6 is 0 Å². The summed E-state index contributed by atoms with van der Waals surface area (Å²) in [6, 6.07) is 6.81. The number of sulfonamides is 1. The zero-order valence-corrected chi connectivity index (χ0v) is 17.0. The van der Waals surface area contributed by atoms with Crippen molar-refractivity contribution in [3.8, 4) is 0 Å². The number of benzene rings is 1. The molecule has 2 aliphatic rings. The molecule has 1 aliphatic carbocycles. The molecule has 2 amide bonds. The van der Waals surface area contributed by atoms with Crippen LogP contribution < -0.4 is 10.0 Å². The molecule has 7 nitrogen and oxygen atoms in total. The van der Waals surface area contributed by atoms with E-state index in [0.29, 0.717) is 11.7 Å². The van der Waals surface area contributed by atoms with Crippen molar-refractivity contribution in [1.82, 2.24) is 14.5 Å². The molecule has 1 aliphatic heterocycles. The molecule has 3 rings (SSSR count). The number of piperidine rings is 1. The van der Waals surface area contributed by atoms with E-state index in [1.54, 1.807) is 24.3 Å². The number of urea groups is 1. The number of nitrogens with zero attached hydrogens (tertiary/aromatic N) is 2. The lowest BCUT2D eigenvalue weighted by Crippen LogP contribution is -2.46. The zero-order valence-electron chi connectivity index (χ0n) is 16.1. The van der Waals surface area contributed by atoms with E-state index in [1.807, 2.05) is 4.90 Å². The molecule has 27 heavy (non-hydrogen) atoms. The van der Waals surface area contributed by atoms with E-state index in [1.165, 1.54) is 0 Å². The fourth-order valence-corrected chi connectivity index (χ4v) is 5.14. The highest BCUT2D eigenvalue weighted by Crippen LogP contribution is 2.21. The summed E-state index contributed by atoms with van der Waals surface area (Å²) in [6.45, 7) is 1.46. The van der Waals surface area contributed by atoms with E-state index in [9.17, 15) is 13.2 Å². The summed E-state index contributed by atoms with van der Waals surface area (Å²) in [5, 5.41) is 2.87. The summed E-state index contributed by atoms with van der Waals surface area (Å²) >= 11 is 0. The van der Waals surface area contributed by atoms with Gasteiger partial charge in [-0.15, -0.1) is 0 Å². The molecule has 150 valence electrons. The lowest BCUT2D eigenvalue weighted by atomic mass is 10.0. The van der Waals surface area contributed by atoms with Crippen molar-refractivity contribution in [1.29, 1.82) is 0 Å². The van der Waals surface area contributed by atoms with Crippen molar-refractivity contribution >= 4 is 21.7 Å². The molecule has 2 N–H and O–H groups in total. The lowest BCUT2D eigenvalue weighted by Gasteiger charge is -2.35. The first-order chi connectivity index (χ1) is 12.8. The maximum atomic E-state index is 12.4. The fraction of sp³-hybridized carbons (Fsp3) is 0.632. The first-order valence-corrected chi connectivity index (χ1v) is 11.2. The molecular formula is C19H30N4O3S. The van der Waals surface area contributed by atoms with Gasteiger partial charge in [-0.1, -0.05) is 12.8 Å². The summed E-state index contributed by atoms with van der Waals surface area (Å²) in [5.74, 6) is 0. The number of hydrogen-bond acceptors (Lipinski definition) is 4. The number of nitrogens with one attached hydrogen (secondary N) is 2. The Bertz CT molecular complexity index is 735. The number of rotatable bonds is 5. The van der Waals surface area contributed by atoms with Crippen molar-refractivity contribution < 1.29 is 13.2 Å². The number of amides is 2. The van der Waals surface area contributed by atoms with Crippen LogP contribution in [0.15, 0.2) is 29.2 Å². The first-order valence-electron chi connectivity index (χ1n) is 9.70. The quantitative estimate of drug-likeness (QED) is 0.804. The predicted octanol–water partition coefficient (Wildman–Crippen LogP) is 2.47. The molecule has 0 atom stereocenters. The normalized spacial score (nSPS) is 19.6. The lowest BCUT2D eigenvalue weighted by molar-refractivity contribution is 0.156. The molecule has 0 spiro atoms. The third-order valence-electron chi connectivity index (χ3n) is 5.57. The van der Waals surface area contributed by atoms with E-state index in [0.717, 1.165) is 51.6 Å². The minimum absolute atomic E-state index is 0.0412. The van der Waals surface area contributed by atoms with Crippen LogP contribution in [0.2, 0.25) is 0 Å². The molecule has 1 saturated carbocycles. The Morgan fingerprint density at radius 3 is 2.19 bits per heavy atom. The van der Waals surface area contributed by atoms with Gasteiger partial charge in [-0.25, -0.2) is 17.9 Å². The van der Waals surface area contributed by atoms with Crippen LogP contribution in [0.1, 0.15) is 38.5 Å². The van der Waals surface area contributed by atoms with Gasteiger partial charge < -0.3 is 15.1 Å². The van der Waals surface area contributed by atoms with Crippen molar-refractivity contribution in [3.05, 3.63) is 24.3 Å². The first kappa shape index (κ1) is 20.1. The highest BCUT2D eigenvalue weighted by molar-refractivity contribution is 7.89. The monoisotopic (exact) mass is 394 g/mol. The summed E-state index contributed by atoms with van der Waals surface area (Å²) in [7, 11) is 0.633. The minimum atomic E-state index is -3.50. The number of anilines is 1. The smallest absolute Gasteiger partial charge is 0.321 e. The van der Waals surface area contributed by atoms with Crippen LogP contribution in [0.4, 0.5) is 10.5 Å². The van der Waals surface area contributed by atoms with Crippen molar-refractivity contribution in [3.63, 3.8) is 0 Å². The SMILES string of the molecule is CN(C)C1CCN(C(=O)Nc2ccc(S(=O)(=O)NC3CCCC3)cc2)CC1. The Balaban J connectivity index is 1.55. The van der Waals surface area contributed by atoms with Crippen molar-refractivity contribution in [2.24, 2.45) is 0 Å². The van der Waals surface area contributed by atoms with Gasteiger partial charge in [0.2, 0.25) is 10.0 Å². The van der Waals surface area contributed by atoms with Gasteiger partial charge in [0.1, 0.15) is 0 Å². The molecule has 0 bridgehead atoms. The summed E-state index contributed by atoms with van der Waals surface area (Å²) < 4.78 is 27.7. The molecule has 8 heteroatoms. The third-order valence-corrected chi connectivity index (χ3v) is 7.11. The van der Waals surface area contributed by atoms with Crippen LogP contribution in [0.5, 0.6) is 0 Å². The van der Waals surface area contributed by atoms with Gasteiger partial charge in [0.25, 0.3) is 0 Å². The van der Waals surface area contributed by atoms with Gasteiger partial charge in [-0.2, -0.15) is 0 Å². The molecule has 1 saturated heterocycles. The summed E-state index contributed by atoms with van der Waals surface area (Å²) in [6.07, 6.45) is 5.87. The Kier molecular flexibility index (Phi) is 6.39. The average Bonchev–Trinajstić information content (AvgIpc) is 3.14. The third kappa shape index (κ3) is 5.21. The Morgan fingerprint density at radius 2 is 1.63 bits per heavy atom. The van der Waals surface area contributed by atoms with E-state index < -0.39 is 10.0 Å². The van der Waals surface area contributed by atoms with Crippen molar-refractivity contribution in [2.45, 2.75) is 55.5 Å². The zero-order chi connectivity index (χ0) is 19.4. The average molecular weight is 395 g/mol. The number of carbonyl (C=O) groups is 1. The Hall–Kier alpha value is -1.64. The van der Waals surface area contributed by atoms with Gasteiger partial charge in [0.15, 0.2) is 0 Å². The van der Waals surface area contributed by atoms with Gasteiger partial charge in [-0.05, 0) is 64.0 Å². The molecule has 1 heterocycles. The second-order valence-electron chi connectivity index (χ2n) is 7.74. The molecule has 0 aromatic heterocycles. The Labute approximate surface area is 162 Å². The highest BCUT2D eigenvalue weighted by atomic mass is 32.2. The molecular weight excluding hydrogens is 364 g/mol. The van der Waals surface area contributed by atoms with Crippen LogP contribution in [0, 0.1) is 0 Å². The van der Waals surface area contributed by atoms with Gasteiger partial charge in [-0.3, -0.25) is 0 Å². The van der Waals surface area contributed by atoms with Gasteiger partial charge in [0, 0.05) is 30.9 Å². The Morgan fingerprint density at radius 1 is 1.04 bits per heavy atom. The predicted molar refractivity (Wildman–Crippen MR) is 106 cm³/mol. The summed E-state index contributed by atoms with van der Waals surface area (Å²) in [5.41, 5.74) is 0.606. The second-order valence-corrected chi connectivity index (χ2v) is 9.45. The van der Waals surface area contributed by atoms with E-state index in [4.69, 9.17) is 0 Å². The second kappa shape index (κ2) is 8.58. The number of carbonyl (C=O) groups excluding carboxylic acids is 1. The number of hydrogen-bond donors (Lipinski definition) is 2. The van der Waals surface area contributed by atoms with E-state index in [2.05, 4.69) is 29.0 Å². The van der Waals surface area contributed by atoms with Gasteiger partial charge in [0.05, 0.1) is 4.90 Å². The maximum absolute atomic E-state index is 12.4. The van der Waals surface area contributed by atoms with Crippen LogP contribution in [0.3, 0.4) is 0 Å². The topological polar surface area (TPSA) is 81.8 Å². The molecule has 2 fully saturated rings.